The molecule has 2 aromatic heterocycles. The number of benzene rings is 1. The molecule has 0 aliphatic heterocycles. The molecule has 1 aliphatic rings. The van der Waals surface area contributed by atoms with E-state index in [-0.39, 0.29) is 5.97 Å². The largest absolute Gasteiger partial charge is 0.494 e. The van der Waals surface area contributed by atoms with Gasteiger partial charge in [0.15, 0.2) is 5.13 Å². The summed E-state index contributed by atoms with van der Waals surface area (Å²) >= 11 is 3.21. The Kier molecular flexibility index (Phi) is 5.06. The molecule has 1 aromatic carbocycles. The molecule has 1 N–H and O–H groups in total. The standard InChI is InChI=1S/C20H22N2O3S2/c1-4-25-19(23)16-12-9-8-11(2)10-15(12)26-18(16)22-20-21-17-13(24-3)6-5-7-14(17)27-20/h5-7,11H,4,8-10H2,1-3H3,(H,21,22). The van der Waals surface area contributed by atoms with Crippen LogP contribution >= 0.6 is 22.7 Å². The molecule has 1 unspecified atom stereocenters. The lowest BCUT2D eigenvalue weighted by Crippen LogP contribution is -2.14. The summed E-state index contributed by atoms with van der Waals surface area (Å²) in [5.74, 6) is 1.15. The molecule has 0 bridgehead atoms. The zero-order valence-corrected chi connectivity index (χ0v) is 17.3. The quantitative estimate of drug-likeness (QED) is 0.578. The number of aromatic nitrogens is 1. The number of para-hydroxylation sites is 1. The van der Waals surface area contributed by atoms with Gasteiger partial charge in [-0.3, -0.25) is 0 Å². The lowest BCUT2D eigenvalue weighted by Gasteiger charge is -2.18. The summed E-state index contributed by atoms with van der Waals surface area (Å²) in [7, 11) is 1.65. The highest BCUT2D eigenvalue weighted by Gasteiger charge is 2.29. The van der Waals surface area contributed by atoms with Gasteiger partial charge in [0, 0.05) is 4.88 Å². The average molecular weight is 403 g/mol. The Balaban J connectivity index is 1.74. The molecule has 0 fully saturated rings. The molecule has 27 heavy (non-hydrogen) atoms. The smallest absolute Gasteiger partial charge is 0.341 e. The second kappa shape index (κ2) is 7.48. The van der Waals surface area contributed by atoms with E-state index in [0.717, 1.165) is 50.9 Å². The molecule has 7 heteroatoms. The molecule has 0 saturated heterocycles. The summed E-state index contributed by atoms with van der Waals surface area (Å²) < 4.78 is 11.8. The van der Waals surface area contributed by atoms with Gasteiger partial charge in [-0.15, -0.1) is 11.3 Å². The summed E-state index contributed by atoms with van der Waals surface area (Å²) in [6.45, 7) is 4.48. The van der Waals surface area contributed by atoms with Crippen molar-refractivity contribution in [3.05, 3.63) is 34.2 Å². The maximum Gasteiger partial charge on any atom is 0.341 e. The molecule has 0 saturated carbocycles. The Hall–Kier alpha value is -2.12. The first-order valence-electron chi connectivity index (χ1n) is 9.13. The normalized spacial score (nSPS) is 16.2. The summed E-state index contributed by atoms with van der Waals surface area (Å²) in [5.41, 5.74) is 2.67. The summed E-state index contributed by atoms with van der Waals surface area (Å²) in [5, 5.41) is 4.99. The van der Waals surface area contributed by atoms with Gasteiger partial charge in [-0.25, -0.2) is 9.78 Å². The number of methoxy groups -OCH3 is 1. The zero-order chi connectivity index (χ0) is 19.0. The van der Waals surface area contributed by atoms with Gasteiger partial charge in [-0.1, -0.05) is 24.3 Å². The number of ether oxygens (including phenoxy) is 2. The maximum atomic E-state index is 12.7. The topological polar surface area (TPSA) is 60.5 Å². The van der Waals surface area contributed by atoms with Gasteiger partial charge >= 0.3 is 5.97 Å². The highest BCUT2D eigenvalue weighted by atomic mass is 32.1. The number of thiazole rings is 1. The predicted octanol–water partition coefficient (Wildman–Crippen LogP) is 5.41. The number of rotatable bonds is 5. The number of nitrogens with one attached hydrogen (secondary N) is 1. The Labute approximate surface area is 166 Å². The molecule has 1 atom stereocenters. The van der Waals surface area contributed by atoms with Crippen molar-refractivity contribution in [3.8, 4) is 5.75 Å². The SMILES string of the molecule is CCOC(=O)c1c(Nc2nc3c(OC)cccc3s2)sc2c1CCC(C)C2. The van der Waals surface area contributed by atoms with E-state index in [2.05, 4.69) is 17.2 Å². The molecule has 1 aliphatic carbocycles. The van der Waals surface area contributed by atoms with Crippen LogP contribution in [0, 0.1) is 5.92 Å². The van der Waals surface area contributed by atoms with E-state index < -0.39 is 0 Å². The van der Waals surface area contributed by atoms with E-state index in [1.807, 2.05) is 25.1 Å². The van der Waals surface area contributed by atoms with Crippen molar-refractivity contribution in [2.24, 2.45) is 5.92 Å². The Morgan fingerprint density at radius 1 is 1.37 bits per heavy atom. The van der Waals surface area contributed by atoms with Crippen LogP contribution in [0.25, 0.3) is 10.2 Å². The van der Waals surface area contributed by atoms with Crippen LogP contribution in [0.4, 0.5) is 10.1 Å². The second-order valence-electron chi connectivity index (χ2n) is 6.73. The number of hydrogen-bond acceptors (Lipinski definition) is 7. The number of carbonyl (C=O) groups is 1. The molecule has 3 aromatic rings. The zero-order valence-electron chi connectivity index (χ0n) is 15.6. The van der Waals surface area contributed by atoms with Gasteiger partial charge < -0.3 is 14.8 Å². The average Bonchev–Trinajstić information content (AvgIpc) is 3.21. The minimum Gasteiger partial charge on any atom is -0.494 e. The van der Waals surface area contributed by atoms with Crippen LogP contribution in [0.2, 0.25) is 0 Å². The highest BCUT2D eigenvalue weighted by Crippen LogP contribution is 2.42. The number of thiophene rings is 1. The van der Waals surface area contributed by atoms with Crippen LogP contribution in [-0.4, -0.2) is 24.7 Å². The van der Waals surface area contributed by atoms with E-state index in [9.17, 15) is 4.79 Å². The van der Waals surface area contributed by atoms with Crippen molar-refractivity contribution in [3.63, 3.8) is 0 Å². The first-order chi connectivity index (χ1) is 13.1. The van der Waals surface area contributed by atoms with Gasteiger partial charge in [0.05, 0.1) is 24.0 Å². The number of esters is 1. The number of anilines is 2. The van der Waals surface area contributed by atoms with Crippen LogP contribution < -0.4 is 10.1 Å². The molecular weight excluding hydrogens is 380 g/mol. The van der Waals surface area contributed by atoms with Crippen LogP contribution in [-0.2, 0) is 17.6 Å². The predicted molar refractivity (Wildman–Crippen MR) is 111 cm³/mol. The molecule has 0 amide bonds. The molecule has 0 radical (unpaired) electrons. The summed E-state index contributed by atoms with van der Waals surface area (Å²) in [6.07, 6.45) is 3.05. The van der Waals surface area contributed by atoms with Crippen LogP contribution in [0.5, 0.6) is 5.75 Å². The fraction of sp³-hybridized carbons (Fsp3) is 0.400. The first kappa shape index (κ1) is 18.3. The molecule has 4 rings (SSSR count). The van der Waals surface area contributed by atoms with Crippen molar-refractivity contribution in [2.45, 2.75) is 33.1 Å². The minimum atomic E-state index is -0.245. The summed E-state index contributed by atoms with van der Waals surface area (Å²) in [4.78, 5) is 18.6. The molecule has 142 valence electrons. The van der Waals surface area contributed by atoms with E-state index in [0.29, 0.717) is 18.1 Å². The van der Waals surface area contributed by atoms with E-state index >= 15 is 0 Å². The third-order valence-corrected chi connectivity index (χ3v) is 6.92. The number of hydrogen-bond donors (Lipinski definition) is 1. The monoisotopic (exact) mass is 402 g/mol. The van der Waals surface area contributed by atoms with E-state index in [1.54, 1.807) is 29.8 Å². The second-order valence-corrected chi connectivity index (χ2v) is 8.86. The fourth-order valence-electron chi connectivity index (χ4n) is 3.50. The minimum absolute atomic E-state index is 0.245. The number of nitrogens with zero attached hydrogens (tertiary/aromatic N) is 1. The van der Waals surface area contributed by atoms with Gasteiger partial charge in [0.1, 0.15) is 16.3 Å². The van der Waals surface area contributed by atoms with E-state index in [4.69, 9.17) is 9.47 Å². The van der Waals surface area contributed by atoms with E-state index in [1.165, 1.54) is 4.88 Å². The van der Waals surface area contributed by atoms with Gasteiger partial charge in [-0.2, -0.15) is 0 Å². The van der Waals surface area contributed by atoms with Crippen molar-refractivity contribution < 1.29 is 14.3 Å². The molecule has 5 nitrogen and oxygen atoms in total. The first-order valence-corrected chi connectivity index (χ1v) is 10.8. The lowest BCUT2D eigenvalue weighted by atomic mass is 9.88. The fourth-order valence-corrected chi connectivity index (χ4v) is 5.85. The van der Waals surface area contributed by atoms with Crippen molar-refractivity contribution in [1.29, 1.82) is 0 Å². The molecular formula is C20H22N2O3S2. The van der Waals surface area contributed by atoms with Gasteiger partial charge in [0.2, 0.25) is 0 Å². The Morgan fingerprint density at radius 3 is 3.00 bits per heavy atom. The van der Waals surface area contributed by atoms with Crippen molar-refractivity contribution >= 4 is 49.0 Å². The maximum absolute atomic E-state index is 12.7. The Morgan fingerprint density at radius 2 is 2.22 bits per heavy atom. The van der Waals surface area contributed by atoms with Crippen LogP contribution in [0.1, 0.15) is 41.1 Å². The lowest BCUT2D eigenvalue weighted by molar-refractivity contribution is 0.0526. The highest BCUT2D eigenvalue weighted by molar-refractivity contribution is 7.23. The third-order valence-electron chi connectivity index (χ3n) is 4.81. The molecule has 0 spiro atoms. The van der Waals surface area contributed by atoms with Crippen molar-refractivity contribution in [1.82, 2.24) is 4.98 Å². The number of carbonyl (C=O) groups excluding carboxylic acids is 1. The van der Waals surface area contributed by atoms with Gasteiger partial charge in [-0.05, 0) is 49.8 Å². The number of fused-ring (bicyclic) bond motifs is 2. The third kappa shape index (κ3) is 3.41. The van der Waals surface area contributed by atoms with Gasteiger partial charge in [0.25, 0.3) is 0 Å². The van der Waals surface area contributed by atoms with Crippen molar-refractivity contribution in [2.75, 3.05) is 19.0 Å². The Bertz CT molecular complexity index is 993. The summed E-state index contributed by atoms with van der Waals surface area (Å²) in [6, 6.07) is 5.88. The van der Waals surface area contributed by atoms with Crippen LogP contribution in [0.3, 0.4) is 0 Å². The molecule has 2 heterocycles. The van der Waals surface area contributed by atoms with Crippen LogP contribution in [0.15, 0.2) is 18.2 Å².